The Bertz CT molecular complexity index is 708. The zero-order valence-corrected chi connectivity index (χ0v) is 12.2. The number of anilines is 1. The Morgan fingerprint density at radius 2 is 1.95 bits per heavy atom. The van der Waals surface area contributed by atoms with Crippen LogP contribution in [0.15, 0.2) is 33.5 Å². The minimum absolute atomic E-state index is 0.0492. The SMILES string of the molecule is Cc1cc(=O)oc2cc(NC(=O)CC(C)(C)C)ccc12. The van der Waals surface area contributed by atoms with Gasteiger partial charge in [0.15, 0.2) is 0 Å². The van der Waals surface area contributed by atoms with E-state index in [4.69, 9.17) is 4.42 Å². The molecule has 0 saturated carbocycles. The van der Waals surface area contributed by atoms with Crippen LogP contribution in [0.25, 0.3) is 11.0 Å². The molecule has 0 unspecified atom stereocenters. The van der Waals surface area contributed by atoms with Gasteiger partial charge in [-0.3, -0.25) is 4.79 Å². The molecule has 0 atom stereocenters. The first-order valence-corrected chi connectivity index (χ1v) is 6.59. The molecule has 1 amide bonds. The van der Waals surface area contributed by atoms with Crippen LogP contribution in [0.5, 0.6) is 0 Å². The van der Waals surface area contributed by atoms with Crippen LogP contribution >= 0.6 is 0 Å². The van der Waals surface area contributed by atoms with Gasteiger partial charge in [0.2, 0.25) is 5.91 Å². The van der Waals surface area contributed by atoms with E-state index in [1.807, 2.05) is 39.8 Å². The minimum Gasteiger partial charge on any atom is -0.423 e. The van der Waals surface area contributed by atoms with E-state index in [9.17, 15) is 9.59 Å². The highest BCUT2D eigenvalue weighted by Crippen LogP contribution is 2.23. The van der Waals surface area contributed by atoms with E-state index in [1.54, 1.807) is 6.07 Å². The maximum absolute atomic E-state index is 11.9. The number of hydrogen-bond donors (Lipinski definition) is 1. The summed E-state index contributed by atoms with van der Waals surface area (Å²) in [6.07, 6.45) is 0.433. The van der Waals surface area contributed by atoms with Crippen LogP contribution in [0.3, 0.4) is 0 Å². The van der Waals surface area contributed by atoms with Crippen LogP contribution in [0.1, 0.15) is 32.8 Å². The molecular weight excluding hydrogens is 254 g/mol. The molecule has 1 heterocycles. The van der Waals surface area contributed by atoms with Crippen molar-refractivity contribution in [1.29, 1.82) is 0 Å². The van der Waals surface area contributed by atoms with Gasteiger partial charge in [-0.25, -0.2) is 4.79 Å². The molecule has 1 aromatic heterocycles. The number of fused-ring (bicyclic) bond motifs is 1. The standard InChI is InChI=1S/C16H19NO3/c1-10-7-15(19)20-13-8-11(5-6-12(10)13)17-14(18)9-16(2,3)4/h5-8H,9H2,1-4H3,(H,17,18). The molecule has 4 nitrogen and oxygen atoms in total. The number of rotatable bonds is 2. The summed E-state index contributed by atoms with van der Waals surface area (Å²) in [6.45, 7) is 7.89. The van der Waals surface area contributed by atoms with Gasteiger partial charge in [0.1, 0.15) is 5.58 Å². The lowest BCUT2D eigenvalue weighted by molar-refractivity contribution is -0.117. The molecule has 1 aromatic carbocycles. The summed E-state index contributed by atoms with van der Waals surface area (Å²) in [5.41, 5.74) is 1.55. The van der Waals surface area contributed by atoms with Crippen LogP contribution in [0.4, 0.5) is 5.69 Å². The van der Waals surface area contributed by atoms with Gasteiger partial charge in [0.05, 0.1) is 0 Å². The smallest absolute Gasteiger partial charge is 0.336 e. The minimum atomic E-state index is -0.381. The van der Waals surface area contributed by atoms with Crippen molar-refractivity contribution in [2.75, 3.05) is 5.32 Å². The van der Waals surface area contributed by atoms with Crippen molar-refractivity contribution in [2.24, 2.45) is 5.41 Å². The van der Waals surface area contributed by atoms with Gasteiger partial charge in [-0.1, -0.05) is 20.8 Å². The Balaban J connectivity index is 2.28. The zero-order valence-electron chi connectivity index (χ0n) is 12.2. The number of benzene rings is 1. The maximum Gasteiger partial charge on any atom is 0.336 e. The monoisotopic (exact) mass is 273 g/mol. The molecule has 0 saturated heterocycles. The fraction of sp³-hybridized carbons (Fsp3) is 0.375. The Kier molecular flexibility index (Phi) is 3.66. The highest BCUT2D eigenvalue weighted by Gasteiger charge is 2.16. The third-order valence-electron chi connectivity index (χ3n) is 2.93. The molecule has 0 fully saturated rings. The number of aryl methyl sites for hydroxylation is 1. The molecule has 0 aliphatic carbocycles. The fourth-order valence-corrected chi connectivity index (χ4v) is 2.09. The highest BCUT2D eigenvalue weighted by molar-refractivity contribution is 5.93. The summed E-state index contributed by atoms with van der Waals surface area (Å²) >= 11 is 0. The van der Waals surface area contributed by atoms with E-state index in [0.717, 1.165) is 10.9 Å². The van der Waals surface area contributed by atoms with Gasteiger partial charge in [-0.15, -0.1) is 0 Å². The van der Waals surface area contributed by atoms with Gasteiger partial charge in [0.25, 0.3) is 0 Å². The summed E-state index contributed by atoms with van der Waals surface area (Å²) in [5, 5.41) is 3.70. The summed E-state index contributed by atoms with van der Waals surface area (Å²) in [7, 11) is 0. The van der Waals surface area contributed by atoms with Crippen molar-refractivity contribution in [3.63, 3.8) is 0 Å². The normalized spacial score (nSPS) is 11.6. The first kappa shape index (κ1) is 14.3. The predicted octanol–water partition coefficient (Wildman–Crippen LogP) is 3.48. The quantitative estimate of drug-likeness (QED) is 0.852. The molecule has 2 rings (SSSR count). The summed E-state index contributed by atoms with van der Waals surface area (Å²) in [5.74, 6) is -0.0492. The number of amides is 1. The van der Waals surface area contributed by atoms with Crippen LogP contribution < -0.4 is 10.9 Å². The van der Waals surface area contributed by atoms with Crippen molar-refractivity contribution >= 4 is 22.6 Å². The van der Waals surface area contributed by atoms with E-state index >= 15 is 0 Å². The third-order valence-corrected chi connectivity index (χ3v) is 2.93. The molecular formula is C16H19NO3. The summed E-state index contributed by atoms with van der Waals surface area (Å²) < 4.78 is 5.16. The molecule has 0 aliphatic heterocycles. The van der Waals surface area contributed by atoms with E-state index in [-0.39, 0.29) is 16.9 Å². The second-order valence-corrected chi connectivity index (χ2v) is 6.24. The largest absolute Gasteiger partial charge is 0.423 e. The van der Waals surface area contributed by atoms with Crippen molar-refractivity contribution < 1.29 is 9.21 Å². The van der Waals surface area contributed by atoms with Gasteiger partial charge < -0.3 is 9.73 Å². The Morgan fingerprint density at radius 3 is 2.60 bits per heavy atom. The van der Waals surface area contributed by atoms with Gasteiger partial charge >= 0.3 is 5.63 Å². The molecule has 0 spiro atoms. The molecule has 0 radical (unpaired) electrons. The molecule has 4 heteroatoms. The first-order chi connectivity index (χ1) is 9.24. The molecule has 1 N–H and O–H groups in total. The Morgan fingerprint density at radius 1 is 1.25 bits per heavy atom. The Hall–Kier alpha value is -2.10. The third kappa shape index (κ3) is 3.47. The lowest BCUT2D eigenvalue weighted by Gasteiger charge is -2.17. The van der Waals surface area contributed by atoms with Crippen molar-refractivity contribution in [3.05, 3.63) is 40.2 Å². The molecule has 2 aromatic rings. The second kappa shape index (κ2) is 5.12. The number of carbonyl (C=O) groups excluding carboxylic acids is 1. The van der Waals surface area contributed by atoms with Crippen LogP contribution in [0, 0.1) is 12.3 Å². The van der Waals surface area contributed by atoms with Gasteiger partial charge in [0, 0.05) is 29.6 Å². The van der Waals surface area contributed by atoms with Crippen molar-refractivity contribution in [3.8, 4) is 0 Å². The molecule has 0 aliphatic rings. The molecule has 106 valence electrons. The first-order valence-electron chi connectivity index (χ1n) is 6.59. The van der Waals surface area contributed by atoms with Gasteiger partial charge in [-0.2, -0.15) is 0 Å². The second-order valence-electron chi connectivity index (χ2n) is 6.24. The lowest BCUT2D eigenvalue weighted by Crippen LogP contribution is -2.19. The van der Waals surface area contributed by atoms with E-state index in [0.29, 0.717) is 17.7 Å². The zero-order chi connectivity index (χ0) is 14.9. The summed E-state index contributed by atoms with van der Waals surface area (Å²) in [4.78, 5) is 23.3. The van der Waals surface area contributed by atoms with Crippen LogP contribution in [0.2, 0.25) is 0 Å². The van der Waals surface area contributed by atoms with Crippen LogP contribution in [-0.2, 0) is 4.79 Å². The van der Waals surface area contributed by atoms with Gasteiger partial charge in [-0.05, 0) is 30.0 Å². The van der Waals surface area contributed by atoms with Crippen LogP contribution in [-0.4, -0.2) is 5.91 Å². The maximum atomic E-state index is 11.9. The number of nitrogens with one attached hydrogen (secondary N) is 1. The van der Waals surface area contributed by atoms with E-state index in [2.05, 4.69) is 5.32 Å². The summed E-state index contributed by atoms with van der Waals surface area (Å²) in [6, 6.07) is 6.81. The average molecular weight is 273 g/mol. The highest BCUT2D eigenvalue weighted by atomic mass is 16.4. The van der Waals surface area contributed by atoms with Crippen molar-refractivity contribution in [2.45, 2.75) is 34.1 Å². The fourth-order valence-electron chi connectivity index (χ4n) is 2.09. The topological polar surface area (TPSA) is 59.3 Å². The van der Waals surface area contributed by atoms with E-state index in [1.165, 1.54) is 6.07 Å². The molecule has 20 heavy (non-hydrogen) atoms. The molecule has 0 bridgehead atoms. The van der Waals surface area contributed by atoms with E-state index < -0.39 is 0 Å². The lowest BCUT2D eigenvalue weighted by atomic mass is 9.92. The van der Waals surface area contributed by atoms with Crippen molar-refractivity contribution in [1.82, 2.24) is 0 Å². The Labute approximate surface area is 117 Å². The predicted molar refractivity (Wildman–Crippen MR) is 79.9 cm³/mol. The number of carbonyl (C=O) groups is 1. The number of hydrogen-bond acceptors (Lipinski definition) is 3. The average Bonchev–Trinajstić information content (AvgIpc) is 2.24.